The maximum absolute atomic E-state index is 13.1. The normalized spacial score (nSPS) is 10.4. The number of anilines is 1. The molecule has 3 nitrogen and oxygen atoms in total. The van der Waals surface area contributed by atoms with E-state index >= 15 is 0 Å². The fraction of sp³-hybridized carbons (Fsp3) is 0.143. The average molecular weight is 372 g/mol. The fourth-order valence-corrected chi connectivity index (χ4v) is 2.72. The highest BCUT2D eigenvalue weighted by atomic mass is 35.5. The van der Waals surface area contributed by atoms with E-state index in [2.05, 4.69) is 5.32 Å². The van der Waals surface area contributed by atoms with Crippen LogP contribution in [0.4, 0.5) is 10.1 Å². The van der Waals surface area contributed by atoms with Crippen LogP contribution in [0.5, 0.6) is 11.5 Å². The molecule has 0 aliphatic heterocycles. The summed E-state index contributed by atoms with van der Waals surface area (Å²) in [5, 5.41) is 3.69. The van der Waals surface area contributed by atoms with Gasteiger partial charge in [-0.3, -0.25) is 0 Å². The lowest BCUT2D eigenvalue weighted by molar-refractivity contribution is 0.284. The molecular formula is C21H19ClFNO2. The molecule has 0 heterocycles. The number of halogens is 2. The van der Waals surface area contributed by atoms with Crippen LogP contribution in [-0.2, 0) is 13.2 Å². The standard InChI is InChI=1S/C21H19ClFNO2/c1-25-21-11-15(13-24-18-5-3-2-4-6-18)7-10-20(21)26-14-16-8-9-17(23)12-19(16)22/h2-12,24H,13-14H2,1H3. The zero-order valence-electron chi connectivity index (χ0n) is 14.3. The third-order valence-electron chi connectivity index (χ3n) is 3.90. The van der Waals surface area contributed by atoms with Crippen molar-refractivity contribution in [2.24, 2.45) is 0 Å². The molecule has 0 unspecified atom stereocenters. The number of benzene rings is 3. The van der Waals surface area contributed by atoms with Crippen LogP contribution in [0.25, 0.3) is 0 Å². The smallest absolute Gasteiger partial charge is 0.161 e. The van der Waals surface area contributed by atoms with Gasteiger partial charge in [0.15, 0.2) is 11.5 Å². The molecule has 0 fully saturated rings. The molecule has 0 radical (unpaired) electrons. The Labute approximate surface area is 157 Å². The average Bonchev–Trinajstić information content (AvgIpc) is 2.67. The minimum absolute atomic E-state index is 0.233. The molecule has 0 aromatic heterocycles. The van der Waals surface area contributed by atoms with Crippen molar-refractivity contribution < 1.29 is 13.9 Å². The summed E-state index contributed by atoms with van der Waals surface area (Å²) < 4.78 is 24.3. The van der Waals surface area contributed by atoms with Crippen LogP contribution in [0.2, 0.25) is 5.02 Å². The molecule has 0 spiro atoms. The van der Waals surface area contributed by atoms with Crippen molar-refractivity contribution >= 4 is 17.3 Å². The molecule has 0 saturated heterocycles. The summed E-state index contributed by atoms with van der Waals surface area (Å²) in [7, 11) is 1.60. The Bertz CT molecular complexity index is 871. The predicted octanol–water partition coefficient (Wildman–Crippen LogP) is 5.68. The van der Waals surface area contributed by atoms with Gasteiger partial charge in [0.05, 0.1) is 12.1 Å². The lowest BCUT2D eigenvalue weighted by Crippen LogP contribution is -2.02. The second kappa shape index (κ2) is 8.59. The quantitative estimate of drug-likeness (QED) is 0.579. The molecular weight excluding hydrogens is 353 g/mol. The van der Waals surface area contributed by atoms with Crippen LogP contribution >= 0.6 is 11.6 Å². The number of hydrogen-bond donors (Lipinski definition) is 1. The third-order valence-corrected chi connectivity index (χ3v) is 4.25. The highest BCUT2D eigenvalue weighted by molar-refractivity contribution is 6.31. The van der Waals surface area contributed by atoms with E-state index in [4.69, 9.17) is 21.1 Å². The fourth-order valence-electron chi connectivity index (χ4n) is 2.50. The van der Waals surface area contributed by atoms with Gasteiger partial charge in [-0.1, -0.05) is 41.9 Å². The molecule has 0 aliphatic rings. The highest BCUT2D eigenvalue weighted by Crippen LogP contribution is 2.30. The lowest BCUT2D eigenvalue weighted by Gasteiger charge is -2.13. The van der Waals surface area contributed by atoms with Crippen molar-refractivity contribution in [1.29, 1.82) is 0 Å². The van der Waals surface area contributed by atoms with Gasteiger partial charge in [0.25, 0.3) is 0 Å². The predicted molar refractivity (Wildman–Crippen MR) is 103 cm³/mol. The van der Waals surface area contributed by atoms with Gasteiger partial charge < -0.3 is 14.8 Å². The Hall–Kier alpha value is -2.72. The van der Waals surface area contributed by atoms with Crippen LogP contribution < -0.4 is 14.8 Å². The second-order valence-corrected chi connectivity index (χ2v) is 6.14. The molecule has 1 N–H and O–H groups in total. The summed E-state index contributed by atoms with van der Waals surface area (Å²) in [5.41, 5.74) is 2.83. The summed E-state index contributed by atoms with van der Waals surface area (Å²) in [5.74, 6) is 0.874. The van der Waals surface area contributed by atoms with E-state index in [0.717, 1.165) is 11.3 Å². The topological polar surface area (TPSA) is 30.5 Å². The molecule has 134 valence electrons. The first-order valence-electron chi connectivity index (χ1n) is 8.18. The molecule has 0 bridgehead atoms. The van der Waals surface area contributed by atoms with Crippen molar-refractivity contribution in [1.82, 2.24) is 0 Å². The number of para-hydroxylation sites is 1. The first kappa shape index (κ1) is 18.1. The third kappa shape index (κ3) is 4.67. The van der Waals surface area contributed by atoms with Gasteiger partial charge in [-0.15, -0.1) is 0 Å². The Balaban J connectivity index is 1.66. The zero-order chi connectivity index (χ0) is 18.4. The largest absolute Gasteiger partial charge is 0.493 e. The monoisotopic (exact) mass is 371 g/mol. The van der Waals surface area contributed by atoms with Crippen molar-refractivity contribution in [2.75, 3.05) is 12.4 Å². The van der Waals surface area contributed by atoms with Gasteiger partial charge in [0, 0.05) is 17.8 Å². The molecule has 3 aromatic rings. The maximum atomic E-state index is 13.1. The molecule has 0 aliphatic carbocycles. The van der Waals surface area contributed by atoms with Crippen LogP contribution in [0.1, 0.15) is 11.1 Å². The van der Waals surface area contributed by atoms with Crippen LogP contribution in [-0.4, -0.2) is 7.11 Å². The van der Waals surface area contributed by atoms with Gasteiger partial charge in [-0.2, -0.15) is 0 Å². The van der Waals surface area contributed by atoms with Crippen LogP contribution in [0, 0.1) is 5.82 Å². The molecule has 0 atom stereocenters. The molecule has 26 heavy (non-hydrogen) atoms. The van der Waals surface area contributed by atoms with E-state index in [1.807, 2.05) is 48.5 Å². The minimum Gasteiger partial charge on any atom is -0.493 e. The molecule has 3 rings (SSSR count). The summed E-state index contributed by atoms with van der Waals surface area (Å²) in [6.07, 6.45) is 0. The Kier molecular flexibility index (Phi) is 5.97. The minimum atomic E-state index is -0.369. The van der Waals surface area contributed by atoms with E-state index in [1.54, 1.807) is 13.2 Å². The Morgan fingerprint density at radius 3 is 2.50 bits per heavy atom. The lowest BCUT2D eigenvalue weighted by atomic mass is 10.2. The second-order valence-electron chi connectivity index (χ2n) is 5.73. The SMILES string of the molecule is COc1cc(CNc2ccccc2)ccc1OCc1ccc(F)cc1Cl. The summed E-state index contributed by atoms with van der Waals surface area (Å²) in [4.78, 5) is 0. The van der Waals surface area contributed by atoms with Crippen molar-refractivity contribution in [3.8, 4) is 11.5 Å². The van der Waals surface area contributed by atoms with E-state index in [1.165, 1.54) is 12.1 Å². The van der Waals surface area contributed by atoms with Crippen molar-refractivity contribution in [3.05, 3.63) is 88.7 Å². The van der Waals surface area contributed by atoms with E-state index in [-0.39, 0.29) is 12.4 Å². The molecule has 0 saturated carbocycles. The summed E-state index contributed by atoms with van der Waals surface area (Å²) in [6.45, 7) is 0.904. The van der Waals surface area contributed by atoms with E-state index in [0.29, 0.717) is 28.6 Å². The number of nitrogens with one attached hydrogen (secondary N) is 1. The summed E-state index contributed by atoms with van der Waals surface area (Å²) in [6, 6.07) is 20.0. The molecule has 3 aromatic carbocycles. The van der Waals surface area contributed by atoms with Gasteiger partial charge in [-0.25, -0.2) is 4.39 Å². The molecule has 0 amide bonds. The highest BCUT2D eigenvalue weighted by Gasteiger charge is 2.08. The van der Waals surface area contributed by atoms with Gasteiger partial charge in [-0.05, 0) is 42.0 Å². The maximum Gasteiger partial charge on any atom is 0.161 e. The number of methoxy groups -OCH3 is 1. The number of rotatable bonds is 7. The van der Waals surface area contributed by atoms with Crippen molar-refractivity contribution in [2.45, 2.75) is 13.2 Å². The van der Waals surface area contributed by atoms with Crippen LogP contribution in [0.15, 0.2) is 66.7 Å². The first-order valence-corrected chi connectivity index (χ1v) is 8.56. The first-order chi connectivity index (χ1) is 12.7. The zero-order valence-corrected chi connectivity index (χ0v) is 15.1. The number of hydrogen-bond acceptors (Lipinski definition) is 3. The van der Waals surface area contributed by atoms with Gasteiger partial charge in [0.2, 0.25) is 0 Å². The number of ether oxygens (including phenoxy) is 2. The van der Waals surface area contributed by atoms with E-state index in [9.17, 15) is 4.39 Å². The Morgan fingerprint density at radius 2 is 1.77 bits per heavy atom. The van der Waals surface area contributed by atoms with Gasteiger partial charge in [0.1, 0.15) is 12.4 Å². The van der Waals surface area contributed by atoms with E-state index < -0.39 is 0 Å². The summed E-state index contributed by atoms with van der Waals surface area (Å²) >= 11 is 6.03. The van der Waals surface area contributed by atoms with Crippen LogP contribution in [0.3, 0.4) is 0 Å². The Morgan fingerprint density at radius 1 is 0.962 bits per heavy atom. The molecule has 5 heteroatoms. The van der Waals surface area contributed by atoms with Crippen molar-refractivity contribution in [3.63, 3.8) is 0 Å². The van der Waals surface area contributed by atoms with Gasteiger partial charge >= 0.3 is 0 Å².